The van der Waals surface area contributed by atoms with Crippen LogP contribution in [-0.2, 0) is 11.2 Å². The van der Waals surface area contributed by atoms with E-state index in [1.54, 1.807) is 0 Å². The number of amides is 1. The summed E-state index contributed by atoms with van der Waals surface area (Å²) < 4.78 is 5.26. The second-order valence-electron chi connectivity index (χ2n) is 7.02. The smallest absolute Gasteiger partial charge is 0.227 e. The molecule has 0 radical (unpaired) electrons. The van der Waals surface area contributed by atoms with Crippen LogP contribution < -0.4 is 10.2 Å². The summed E-state index contributed by atoms with van der Waals surface area (Å²) in [7, 11) is 0. The first-order chi connectivity index (χ1) is 13.8. The van der Waals surface area contributed by atoms with Gasteiger partial charge in [-0.25, -0.2) is 0 Å². The van der Waals surface area contributed by atoms with Gasteiger partial charge in [-0.1, -0.05) is 35.5 Å². The molecule has 1 aliphatic heterocycles. The van der Waals surface area contributed by atoms with Crippen LogP contribution in [0.1, 0.15) is 31.6 Å². The third kappa shape index (κ3) is 4.57. The van der Waals surface area contributed by atoms with Gasteiger partial charge < -0.3 is 14.7 Å². The van der Waals surface area contributed by atoms with Gasteiger partial charge in [0.25, 0.3) is 0 Å². The summed E-state index contributed by atoms with van der Waals surface area (Å²) in [5.41, 5.74) is 2.93. The fourth-order valence-electron chi connectivity index (χ4n) is 3.41. The lowest BCUT2D eigenvalue weighted by Crippen LogP contribution is -2.29. The molecular weight excluding hydrogens is 352 g/mol. The van der Waals surface area contributed by atoms with Crippen molar-refractivity contribution in [3.63, 3.8) is 0 Å². The number of aryl methyl sites for hydroxylation is 1. The van der Waals surface area contributed by atoms with E-state index in [4.69, 9.17) is 4.52 Å². The van der Waals surface area contributed by atoms with Gasteiger partial charge in [-0.2, -0.15) is 4.98 Å². The Kier molecular flexibility index (Phi) is 5.66. The van der Waals surface area contributed by atoms with Crippen LogP contribution in [0, 0.1) is 0 Å². The maximum atomic E-state index is 12.2. The van der Waals surface area contributed by atoms with Crippen LogP contribution in [-0.4, -0.2) is 29.1 Å². The van der Waals surface area contributed by atoms with Gasteiger partial charge in [0.15, 0.2) is 0 Å². The summed E-state index contributed by atoms with van der Waals surface area (Å²) in [5, 5.41) is 6.91. The van der Waals surface area contributed by atoms with Crippen molar-refractivity contribution >= 4 is 17.3 Å². The summed E-state index contributed by atoms with van der Waals surface area (Å²) >= 11 is 0. The number of hydrogen-bond acceptors (Lipinski definition) is 5. The van der Waals surface area contributed by atoms with Crippen LogP contribution in [0.3, 0.4) is 0 Å². The highest BCUT2D eigenvalue weighted by atomic mass is 16.5. The van der Waals surface area contributed by atoms with E-state index in [-0.39, 0.29) is 5.91 Å². The highest BCUT2D eigenvalue weighted by Gasteiger charge is 2.12. The molecule has 28 heavy (non-hydrogen) atoms. The van der Waals surface area contributed by atoms with Crippen molar-refractivity contribution in [3.05, 3.63) is 60.5 Å². The number of rotatable bonds is 6. The standard InChI is InChI=1S/C22H24N4O2/c27-20(13-14-21-24-22(25-28-21)17-7-3-1-4-8-17)23-18-9-11-19(12-10-18)26-15-5-2-6-16-26/h1,3-4,7-12H,2,5-6,13-16H2,(H,23,27). The molecule has 1 fully saturated rings. The Balaban J connectivity index is 1.28. The van der Waals surface area contributed by atoms with Crippen LogP contribution in [0.5, 0.6) is 0 Å². The maximum absolute atomic E-state index is 12.2. The fraction of sp³-hybridized carbons (Fsp3) is 0.318. The lowest BCUT2D eigenvalue weighted by atomic mass is 10.1. The molecule has 6 nitrogen and oxygen atoms in total. The van der Waals surface area contributed by atoms with E-state index in [1.807, 2.05) is 42.5 Å². The largest absolute Gasteiger partial charge is 0.372 e. The molecule has 1 amide bonds. The number of carbonyl (C=O) groups is 1. The SMILES string of the molecule is O=C(CCc1nc(-c2ccccc2)no1)Nc1ccc(N2CCCCC2)cc1. The molecule has 1 N–H and O–H groups in total. The number of aromatic nitrogens is 2. The fourth-order valence-corrected chi connectivity index (χ4v) is 3.41. The molecule has 1 saturated heterocycles. The summed E-state index contributed by atoms with van der Waals surface area (Å²) in [6, 6.07) is 17.7. The molecule has 0 unspecified atom stereocenters. The first-order valence-corrected chi connectivity index (χ1v) is 9.81. The molecule has 2 heterocycles. The van der Waals surface area contributed by atoms with E-state index in [9.17, 15) is 4.79 Å². The Morgan fingerprint density at radius 1 is 1.00 bits per heavy atom. The molecule has 2 aromatic carbocycles. The molecule has 0 spiro atoms. The Labute approximate surface area is 164 Å². The molecule has 4 rings (SSSR count). The third-order valence-corrected chi connectivity index (χ3v) is 4.94. The van der Waals surface area contributed by atoms with E-state index < -0.39 is 0 Å². The third-order valence-electron chi connectivity index (χ3n) is 4.94. The van der Waals surface area contributed by atoms with Crippen molar-refractivity contribution in [1.29, 1.82) is 0 Å². The zero-order valence-corrected chi connectivity index (χ0v) is 15.8. The number of hydrogen-bond donors (Lipinski definition) is 1. The van der Waals surface area contributed by atoms with Gasteiger partial charge >= 0.3 is 0 Å². The molecule has 1 aromatic heterocycles. The zero-order chi connectivity index (χ0) is 19.2. The number of benzene rings is 2. The highest BCUT2D eigenvalue weighted by Crippen LogP contribution is 2.22. The number of anilines is 2. The Hall–Kier alpha value is -3.15. The average Bonchev–Trinajstić information content (AvgIpc) is 3.23. The van der Waals surface area contributed by atoms with E-state index in [0.717, 1.165) is 24.3 Å². The van der Waals surface area contributed by atoms with Crippen molar-refractivity contribution in [3.8, 4) is 11.4 Å². The topological polar surface area (TPSA) is 71.3 Å². The van der Waals surface area contributed by atoms with E-state index in [1.165, 1.54) is 24.9 Å². The summed E-state index contributed by atoms with van der Waals surface area (Å²) in [6.07, 6.45) is 4.53. The second-order valence-corrected chi connectivity index (χ2v) is 7.02. The Morgan fingerprint density at radius 2 is 1.75 bits per heavy atom. The summed E-state index contributed by atoms with van der Waals surface area (Å²) in [4.78, 5) is 19.0. The summed E-state index contributed by atoms with van der Waals surface area (Å²) in [6.45, 7) is 2.22. The van der Waals surface area contributed by atoms with Gasteiger partial charge in [0.1, 0.15) is 0 Å². The average molecular weight is 376 g/mol. The van der Waals surface area contributed by atoms with E-state index in [2.05, 4.69) is 32.5 Å². The van der Waals surface area contributed by atoms with Gasteiger partial charge in [-0.3, -0.25) is 4.79 Å². The van der Waals surface area contributed by atoms with Crippen LogP contribution in [0.4, 0.5) is 11.4 Å². The van der Waals surface area contributed by atoms with Crippen molar-refractivity contribution in [2.24, 2.45) is 0 Å². The Morgan fingerprint density at radius 3 is 2.50 bits per heavy atom. The highest BCUT2D eigenvalue weighted by molar-refractivity contribution is 5.90. The van der Waals surface area contributed by atoms with Crippen molar-refractivity contribution in [2.45, 2.75) is 32.1 Å². The van der Waals surface area contributed by atoms with Gasteiger partial charge in [-0.05, 0) is 43.5 Å². The van der Waals surface area contributed by atoms with Crippen LogP contribution in [0.15, 0.2) is 59.1 Å². The Bertz CT molecular complexity index is 900. The lowest BCUT2D eigenvalue weighted by Gasteiger charge is -2.28. The maximum Gasteiger partial charge on any atom is 0.227 e. The molecule has 144 valence electrons. The van der Waals surface area contributed by atoms with Gasteiger partial charge in [0.05, 0.1) is 0 Å². The molecule has 0 aliphatic carbocycles. The number of carbonyl (C=O) groups excluding carboxylic acids is 1. The van der Waals surface area contributed by atoms with Crippen LogP contribution in [0.25, 0.3) is 11.4 Å². The van der Waals surface area contributed by atoms with Gasteiger partial charge in [-0.15, -0.1) is 0 Å². The van der Waals surface area contributed by atoms with Crippen LogP contribution in [0.2, 0.25) is 0 Å². The molecule has 0 bridgehead atoms. The monoisotopic (exact) mass is 376 g/mol. The predicted molar refractivity (Wildman–Crippen MR) is 109 cm³/mol. The summed E-state index contributed by atoms with van der Waals surface area (Å²) in [5.74, 6) is 0.948. The first-order valence-electron chi connectivity index (χ1n) is 9.81. The predicted octanol–water partition coefficient (Wildman–Crippen LogP) is 4.30. The van der Waals surface area contributed by atoms with Crippen molar-refractivity contribution in [1.82, 2.24) is 10.1 Å². The van der Waals surface area contributed by atoms with Crippen molar-refractivity contribution in [2.75, 3.05) is 23.3 Å². The number of piperidine rings is 1. The molecule has 0 atom stereocenters. The molecule has 0 saturated carbocycles. The van der Waals surface area contributed by atoms with E-state index >= 15 is 0 Å². The molecule has 3 aromatic rings. The lowest BCUT2D eigenvalue weighted by molar-refractivity contribution is -0.116. The number of nitrogens with zero attached hydrogens (tertiary/aromatic N) is 3. The molecule has 1 aliphatic rings. The van der Waals surface area contributed by atoms with Crippen LogP contribution >= 0.6 is 0 Å². The quantitative estimate of drug-likeness (QED) is 0.694. The number of nitrogens with one attached hydrogen (secondary N) is 1. The zero-order valence-electron chi connectivity index (χ0n) is 15.8. The first kappa shape index (κ1) is 18.2. The van der Waals surface area contributed by atoms with Gasteiger partial charge in [0.2, 0.25) is 17.6 Å². The van der Waals surface area contributed by atoms with E-state index in [0.29, 0.717) is 24.6 Å². The minimum Gasteiger partial charge on any atom is -0.372 e. The second kappa shape index (κ2) is 8.69. The molecule has 6 heteroatoms. The minimum absolute atomic E-state index is 0.0646. The minimum atomic E-state index is -0.0646. The van der Waals surface area contributed by atoms with Gasteiger partial charge in [0, 0.05) is 42.9 Å². The van der Waals surface area contributed by atoms with Crippen molar-refractivity contribution < 1.29 is 9.32 Å². The normalized spacial score (nSPS) is 14.1. The molecular formula is C22H24N4O2.